The molecule has 0 aromatic carbocycles. The first-order valence-corrected chi connectivity index (χ1v) is 9.03. The van der Waals surface area contributed by atoms with Gasteiger partial charge in [-0.1, -0.05) is 32.1 Å². The van der Waals surface area contributed by atoms with Crippen molar-refractivity contribution in [2.45, 2.75) is 51.4 Å². The fraction of sp³-hybridized carbons (Fsp3) is 0.786. The van der Waals surface area contributed by atoms with Crippen LogP contribution in [0.15, 0.2) is 0 Å². The number of hydrogen-bond donors (Lipinski definition) is 1. The number of aliphatic hydroxyl groups excluding tert-OH is 1. The summed E-state index contributed by atoms with van der Waals surface area (Å²) in [6.07, 6.45) is 2.29. The predicted molar refractivity (Wildman–Crippen MR) is 85.5 cm³/mol. The van der Waals surface area contributed by atoms with Crippen molar-refractivity contribution in [3.05, 3.63) is 10.6 Å². The Morgan fingerprint density at radius 3 is 2.89 bits per heavy atom. The highest BCUT2D eigenvalue weighted by Crippen LogP contribution is 2.34. The molecule has 0 aliphatic carbocycles. The number of hydrogen-bond acceptors (Lipinski definition) is 5. The Kier molecular flexibility index (Phi) is 5.54. The first-order chi connectivity index (χ1) is 9.19. The summed E-state index contributed by atoms with van der Waals surface area (Å²) in [6.45, 7) is 8.93. The Morgan fingerprint density at radius 2 is 2.26 bits per heavy atom. The monoisotopic (exact) mass is 300 g/mol. The third-order valence-electron chi connectivity index (χ3n) is 3.80. The molecule has 1 aromatic rings. The summed E-state index contributed by atoms with van der Waals surface area (Å²) in [5, 5.41) is 11.4. The van der Waals surface area contributed by atoms with E-state index in [1.807, 2.05) is 0 Å². The Morgan fingerprint density at radius 1 is 1.47 bits per heavy atom. The van der Waals surface area contributed by atoms with E-state index in [9.17, 15) is 5.11 Å². The molecule has 0 bridgehead atoms. The van der Waals surface area contributed by atoms with Crippen molar-refractivity contribution < 1.29 is 5.11 Å². The number of rotatable bonds is 5. The second-order valence-electron chi connectivity index (χ2n) is 5.12. The molecule has 1 aromatic heterocycles. The minimum Gasteiger partial charge on any atom is -0.391 e. The lowest BCUT2D eigenvalue weighted by Gasteiger charge is -2.31. The minimum atomic E-state index is 0.122. The van der Waals surface area contributed by atoms with Crippen molar-refractivity contribution in [2.24, 2.45) is 0 Å². The van der Waals surface area contributed by atoms with Crippen molar-refractivity contribution in [1.29, 1.82) is 0 Å². The molecule has 2 heterocycles. The minimum absolute atomic E-state index is 0.122. The zero-order chi connectivity index (χ0) is 13.8. The van der Waals surface area contributed by atoms with Crippen molar-refractivity contribution in [3.63, 3.8) is 0 Å². The van der Waals surface area contributed by atoms with Gasteiger partial charge in [0, 0.05) is 24.1 Å². The predicted octanol–water partition coefficient (Wildman–Crippen LogP) is 3.48. The van der Waals surface area contributed by atoms with Crippen LogP contribution < -0.4 is 4.90 Å². The van der Waals surface area contributed by atoms with Gasteiger partial charge in [0.2, 0.25) is 0 Å². The zero-order valence-corrected chi connectivity index (χ0v) is 13.7. The van der Waals surface area contributed by atoms with E-state index >= 15 is 0 Å². The van der Waals surface area contributed by atoms with E-state index in [0.29, 0.717) is 5.92 Å². The molecule has 2 unspecified atom stereocenters. The second-order valence-corrected chi connectivity index (χ2v) is 7.59. The fourth-order valence-electron chi connectivity index (χ4n) is 2.32. The molecule has 1 fully saturated rings. The van der Waals surface area contributed by atoms with Gasteiger partial charge in [0.15, 0.2) is 5.13 Å². The summed E-state index contributed by atoms with van der Waals surface area (Å²) < 4.78 is 0. The molecule has 1 N–H and O–H groups in total. The Bertz CT molecular complexity index is 408. The molecule has 0 saturated carbocycles. The highest BCUT2D eigenvalue weighted by molar-refractivity contribution is 8.00. The summed E-state index contributed by atoms with van der Waals surface area (Å²) in [5.74, 6) is 1.62. The number of aromatic nitrogens is 1. The quantitative estimate of drug-likeness (QED) is 0.903. The van der Waals surface area contributed by atoms with Crippen LogP contribution in [0.5, 0.6) is 0 Å². The van der Waals surface area contributed by atoms with Gasteiger partial charge in [-0.25, -0.2) is 4.98 Å². The Balaban J connectivity index is 2.18. The second kappa shape index (κ2) is 6.95. The van der Waals surface area contributed by atoms with Crippen LogP contribution in [0.1, 0.15) is 50.1 Å². The van der Waals surface area contributed by atoms with E-state index in [2.05, 4.69) is 37.4 Å². The van der Waals surface area contributed by atoms with E-state index in [1.165, 1.54) is 12.2 Å². The molecular formula is C14H24N2OS2. The van der Waals surface area contributed by atoms with E-state index in [4.69, 9.17) is 4.98 Å². The maximum atomic E-state index is 9.52. The molecule has 0 spiro atoms. The van der Waals surface area contributed by atoms with Gasteiger partial charge < -0.3 is 10.0 Å². The van der Waals surface area contributed by atoms with Gasteiger partial charge in [-0.3, -0.25) is 0 Å². The molecule has 108 valence electrons. The van der Waals surface area contributed by atoms with Crippen molar-refractivity contribution >= 4 is 28.2 Å². The largest absolute Gasteiger partial charge is 0.391 e. The van der Waals surface area contributed by atoms with Crippen molar-refractivity contribution in [2.75, 3.05) is 23.7 Å². The van der Waals surface area contributed by atoms with E-state index in [0.717, 1.165) is 40.5 Å². The molecule has 1 saturated heterocycles. The lowest BCUT2D eigenvalue weighted by molar-refractivity contribution is 0.283. The molecule has 1 aliphatic heterocycles. The normalized spacial score (nSPS) is 21.7. The summed E-state index contributed by atoms with van der Waals surface area (Å²) in [7, 11) is 0. The number of nitrogens with zero attached hydrogens (tertiary/aromatic N) is 2. The van der Waals surface area contributed by atoms with Gasteiger partial charge in [0.25, 0.3) is 0 Å². The smallest absolute Gasteiger partial charge is 0.185 e. The van der Waals surface area contributed by atoms with Crippen LogP contribution in [0.25, 0.3) is 0 Å². The highest BCUT2D eigenvalue weighted by Gasteiger charge is 2.24. The van der Waals surface area contributed by atoms with E-state index < -0.39 is 0 Å². The number of thioether (sulfide) groups is 1. The lowest BCUT2D eigenvalue weighted by atomic mass is 10.0. The van der Waals surface area contributed by atoms with Gasteiger partial charge in [-0.15, -0.1) is 0 Å². The van der Waals surface area contributed by atoms with Crippen LogP contribution in [-0.4, -0.2) is 34.2 Å². The van der Waals surface area contributed by atoms with Crippen LogP contribution in [0, 0.1) is 0 Å². The van der Waals surface area contributed by atoms with Crippen molar-refractivity contribution in [1.82, 2.24) is 4.98 Å². The zero-order valence-electron chi connectivity index (χ0n) is 12.1. The summed E-state index contributed by atoms with van der Waals surface area (Å²) in [4.78, 5) is 8.27. The lowest BCUT2D eigenvalue weighted by Crippen LogP contribution is -2.37. The fourth-order valence-corrected chi connectivity index (χ4v) is 4.57. The van der Waals surface area contributed by atoms with Crippen LogP contribution in [0.3, 0.4) is 0 Å². The molecule has 2 rings (SSSR count). The molecule has 3 nitrogen and oxygen atoms in total. The molecule has 19 heavy (non-hydrogen) atoms. The third-order valence-corrected chi connectivity index (χ3v) is 6.29. The van der Waals surface area contributed by atoms with Crippen LogP contribution >= 0.6 is 23.1 Å². The maximum absolute atomic E-state index is 9.52. The van der Waals surface area contributed by atoms with Gasteiger partial charge in [0.1, 0.15) is 0 Å². The maximum Gasteiger partial charge on any atom is 0.185 e. The van der Waals surface area contributed by atoms with Crippen LogP contribution in [-0.2, 0) is 6.61 Å². The molecule has 0 amide bonds. The van der Waals surface area contributed by atoms with E-state index in [-0.39, 0.29) is 6.61 Å². The first-order valence-electron chi connectivity index (χ1n) is 7.16. The standard InChI is InChI=1S/C14H24N2OS2/c1-4-10(3)13-12(9-17)19-14(15-13)16-6-7-18-11(5-2)8-16/h10-11,17H,4-9H2,1-3H3. The molecule has 0 radical (unpaired) electrons. The van der Waals surface area contributed by atoms with Gasteiger partial charge in [-0.05, 0) is 18.8 Å². The molecular weight excluding hydrogens is 276 g/mol. The van der Waals surface area contributed by atoms with Crippen molar-refractivity contribution in [3.8, 4) is 0 Å². The SMILES string of the molecule is CCC1CN(c2nc(C(C)CC)c(CO)s2)CCS1. The van der Waals surface area contributed by atoms with Crippen LogP contribution in [0.4, 0.5) is 5.13 Å². The van der Waals surface area contributed by atoms with Gasteiger partial charge >= 0.3 is 0 Å². The average molecular weight is 300 g/mol. The number of anilines is 1. The Labute approximate surface area is 124 Å². The molecule has 1 aliphatic rings. The third kappa shape index (κ3) is 3.44. The van der Waals surface area contributed by atoms with Gasteiger partial charge in [0.05, 0.1) is 17.2 Å². The highest BCUT2D eigenvalue weighted by atomic mass is 32.2. The average Bonchev–Trinajstić information content (AvgIpc) is 2.90. The molecule has 5 heteroatoms. The summed E-state index contributed by atoms with van der Waals surface area (Å²) in [5.41, 5.74) is 1.11. The molecule has 2 atom stereocenters. The first kappa shape index (κ1) is 15.1. The summed E-state index contributed by atoms with van der Waals surface area (Å²) >= 11 is 3.75. The topological polar surface area (TPSA) is 36.4 Å². The summed E-state index contributed by atoms with van der Waals surface area (Å²) in [6, 6.07) is 0. The number of thiazole rings is 1. The van der Waals surface area contributed by atoms with E-state index in [1.54, 1.807) is 11.3 Å². The Hall–Kier alpha value is -0.260. The van der Waals surface area contributed by atoms with Gasteiger partial charge in [-0.2, -0.15) is 11.8 Å². The number of aliphatic hydroxyl groups is 1. The van der Waals surface area contributed by atoms with Crippen LogP contribution in [0.2, 0.25) is 0 Å².